The zero-order valence-electron chi connectivity index (χ0n) is 20.0. The molecule has 0 aliphatic carbocycles. The average Bonchev–Trinajstić information content (AvgIpc) is 3.18. The van der Waals surface area contributed by atoms with E-state index >= 15 is 0 Å². The third-order valence-corrected chi connectivity index (χ3v) is 7.11. The molecule has 1 saturated heterocycles. The molecule has 6 rings (SSSR count). The van der Waals surface area contributed by atoms with Crippen molar-refractivity contribution in [3.8, 4) is 22.6 Å². The number of hydrogen-bond acceptors (Lipinski definition) is 6. The number of para-hydroxylation sites is 1. The third kappa shape index (κ3) is 3.61. The molecule has 8 nitrogen and oxygen atoms in total. The minimum atomic E-state index is -0.147. The lowest BCUT2D eigenvalue weighted by Gasteiger charge is -2.32. The molecule has 0 spiro atoms. The number of aromatic nitrogens is 4. The molecule has 0 amide bonds. The summed E-state index contributed by atoms with van der Waals surface area (Å²) in [6.07, 6.45) is 5.24. The summed E-state index contributed by atoms with van der Waals surface area (Å²) in [5, 5.41) is 4.88. The maximum absolute atomic E-state index is 13.7. The van der Waals surface area contributed by atoms with Crippen LogP contribution in [-0.2, 0) is 7.05 Å². The molecule has 2 aromatic carbocycles. The minimum absolute atomic E-state index is 0.147. The van der Waals surface area contributed by atoms with Gasteiger partial charge in [0.15, 0.2) is 0 Å². The zero-order valence-corrected chi connectivity index (χ0v) is 20.8. The fraction of sp³-hybridized carbons (Fsp3) is 0.222. The van der Waals surface area contributed by atoms with Crippen LogP contribution in [0.2, 0.25) is 5.02 Å². The van der Waals surface area contributed by atoms with Crippen molar-refractivity contribution in [1.82, 2.24) is 24.4 Å². The SMILES string of the molecule is COc1cncc(-c2ccc3ncc4c(c3c2)n(-c2cccc(Cl)c2N2CCNCC2)c(=O)n4C)c1. The lowest BCUT2D eigenvalue weighted by Crippen LogP contribution is -2.44. The summed E-state index contributed by atoms with van der Waals surface area (Å²) in [5.74, 6) is 0.681. The molecule has 1 aliphatic rings. The number of imidazole rings is 1. The highest BCUT2D eigenvalue weighted by Gasteiger charge is 2.23. The molecule has 5 aromatic rings. The largest absolute Gasteiger partial charge is 0.495 e. The molecule has 0 atom stereocenters. The number of fused-ring (bicyclic) bond motifs is 3. The Morgan fingerprint density at radius 2 is 1.86 bits per heavy atom. The van der Waals surface area contributed by atoms with E-state index in [4.69, 9.17) is 16.3 Å². The molecule has 0 unspecified atom stereocenters. The summed E-state index contributed by atoms with van der Waals surface area (Å²) in [6.45, 7) is 3.34. The van der Waals surface area contributed by atoms with Crippen molar-refractivity contribution < 1.29 is 4.74 Å². The zero-order chi connectivity index (χ0) is 24.8. The van der Waals surface area contributed by atoms with Crippen LogP contribution in [0.15, 0.2) is 65.8 Å². The van der Waals surface area contributed by atoms with Crippen LogP contribution >= 0.6 is 11.6 Å². The third-order valence-electron chi connectivity index (χ3n) is 6.81. The number of methoxy groups -OCH3 is 1. The van der Waals surface area contributed by atoms with Gasteiger partial charge in [-0.1, -0.05) is 23.7 Å². The van der Waals surface area contributed by atoms with Crippen LogP contribution in [0.4, 0.5) is 5.69 Å². The Labute approximate surface area is 212 Å². The average molecular weight is 501 g/mol. The number of rotatable bonds is 4. The Morgan fingerprint density at radius 3 is 2.67 bits per heavy atom. The van der Waals surface area contributed by atoms with Crippen molar-refractivity contribution in [2.75, 3.05) is 38.2 Å². The second kappa shape index (κ2) is 8.96. The Hall–Kier alpha value is -3.88. The fourth-order valence-electron chi connectivity index (χ4n) is 4.97. The van der Waals surface area contributed by atoms with Crippen molar-refractivity contribution in [3.63, 3.8) is 0 Å². The summed E-state index contributed by atoms with van der Waals surface area (Å²) >= 11 is 6.76. The van der Waals surface area contributed by atoms with Crippen LogP contribution in [0.3, 0.4) is 0 Å². The topological polar surface area (TPSA) is 77.2 Å². The summed E-state index contributed by atoms with van der Waals surface area (Å²) in [5.41, 5.74) is 5.71. The van der Waals surface area contributed by atoms with Gasteiger partial charge in [0.25, 0.3) is 0 Å². The van der Waals surface area contributed by atoms with Gasteiger partial charge >= 0.3 is 5.69 Å². The lowest BCUT2D eigenvalue weighted by atomic mass is 10.0. The molecule has 182 valence electrons. The first-order chi connectivity index (χ1) is 17.6. The molecule has 36 heavy (non-hydrogen) atoms. The molecule has 4 heterocycles. The number of benzene rings is 2. The second-order valence-electron chi connectivity index (χ2n) is 8.86. The van der Waals surface area contributed by atoms with Gasteiger partial charge in [-0.15, -0.1) is 0 Å². The van der Waals surface area contributed by atoms with E-state index in [1.807, 2.05) is 36.4 Å². The number of halogens is 1. The van der Waals surface area contributed by atoms with Crippen LogP contribution in [0.5, 0.6) is 5.75 Å². The van der Waals surface area contributed by atoms with Crippen LogP contribution in [0.1, 0.15) is 0 Å². The number of anilines is 1. The van der Waals surface area contributed by atoms with E-state index in [0.29, 0.717) is 10.8 Å². The molecule has 0 bridgehead atoms. The number of hydrogen-bond donors (Lipinski definition) is 1. The maximum Gasteiger partial charge on any atom is 0.333 e. The molecule has 1 aliphatic heterocycles. The molecule has 0 saturated carbocycles. The van der Waals surface area contributed by atoms with Gasteiger partial charge in [-0.2, -0.15) is 0 Å². The van der Waals surface area contributed by atoms with E-state index in [2.05, 4.69) is 26.3 Å². The predicted octanol–water partition coefficient (Wildman–Crippen LogP) is 4.01. The number of nitrogens with zero attached hydrogens (tertiary/aromatic N) is 5. The van der Waals surface area contributed by atoms with Crippen LogP contribution < -0.4 is 20.6 Å². The quantitative estimate of drug-likeness (QED) is 0.402. The highest BCUT2D eigenvalue weighted by molar-refractivity contribution is 6.33. The van der Waals surface area contributed by atoms with Gasteiger partial charge in [-0.05, 0) is 35.9 Å². The number of piperazine rings is 1. The van der Waals surface area contributed by atoms with Crippen LogP contribution in [0, 0.1) is 0 Å². The van der Waals surface area contributed by atoms with Gasteiger partial charge in [-0.3, -0.25) is 19.1 Å². The first-order valence-corrected chi connectivity index (χ1v) is 12.2. The van der Waals surface area contributed by atoms with E-state index < -0.39 is 0 Å². The number of nitrogens with one attached hydrogen (secondary N) is 1. The normalized spacial score (nSPS) is 14.0. The Bertz CT molecular complexity index is 1670. The van der Waals surface area contributed by atoms with Crippen LogP contribution in [-0.4, -0.2) is 52.4 Å². The molecule has 1 N–H and O–H groups in total. The summed E-state index contributed by atoms with van der Waals surface area (Å²) < 4.78 is 8.78. The van der Waals surface area contributed by atoms with Gasteiger partial charge < -0.3 is 15.0 Å². The molecule has 3 aromatic heterocycles. The van der Waals surface area contributed by atoms with E-state index in [-0.39, 0.29) is 5.69 Å². The predicted molar refractivity (Wildman–Crippen MR) is 144 cm³/mol. The van der Waals surface area contributed by atoms with E-state index in [1.54, 1.807) is 41.9 Å². The summed E-state index contributed by atoms with van der Waals surface area (Å²) in [7, 11) is 3.40. The second-order valence-corrected chi connectivity index (χ2v) is 9.27. The van der Waals surface area contributed by atoms with Gasteiger partial charge in [-0.25, -0.2) is 4.79 Å². The van der Waals surface area contributed by atoms with Gasteiger partial charge in [0.05, 0.1) is 52.5 Å². The first-order valence-electron chi connectivity index (χ1n) is 11.8. The van der Waals surface area contributed by atoms with Gasteiger partial charge in [0.1, 0.15) is 5.75 Å². The van der Waals surface area contributed by atoms with Gasteiger partial charge in [0, 0.05) is 50.4 Å². The highest BCUT2D eigenvalue weighted by atomic mass is 35.5. The number of pyridine rings is 2. The highest BCUT2D eigenvalue weighted by Crippen LogP contribution is 2.36. The van der Waals surface area contributed by atoms with E-state index in [0.717, 1.165) is 70.6 Å². The summed E-state index contributed by atoms with van der Waals surface area (Å²) in [6, 6.07) is 13.7. The molecule has 0 radical (unpaired) electrons. The van der Waals surface area contributed by atoms with Gasteiger partial charge in [0.2, 0.25) is 0 Å². The smallest absolute Gasteiger partial charge is 0.333 e. The molecular weight excluding hydrogens is 476 g/mol. The monoisotopic (exact) mass is 500 g/mol. The fourth-order valence-corrected chi connectivity index (χ4v) is 5.26. The van der Waals surface area contributed by atoms with Crippen molar-refractivity contribution in [3.05, 3.63) is 76.6 Å². The molecule has 9 heteroatoms. The van der Waals surface area contributed by atoms with Crippen molar-refractivity contribution in [2.45, 2.75) is 0 Å². The van der Waals surface area contributed by atoms with Crippen molar-refractivity contribution in [1.29, 1.82) is 0 Å². The minimum Gasteiger partial charge on any atom is -0.495 e. The van der Waals surface area contributed by atoms with E-state index in [9.17, 15) is 4.79 Å². The van der Waals surface area contributed by atoms with Crippen molar-refractivity contribution in [2.24, 2.45) is 7.05 Å². The van der Waals surface area contributed by atoms with Crippen LogP contribution in [0.25, 0.3) is 38.8 Å². The van der Waals surface area contributed by atoms with E-state index in [1.165, 1.54) is 0 Å². The summed E-state index contributed by atoms with van der Waals surface area (Å²) in [4.78, 5) is 24.9. The molecule has 1 fully saturated rings. The first kappa shape index (κ1) is 22.6. The Morgan fingerprint density at radius 1 is 1.03 bits per heavy atom. The number of aryl methyl sites for hydroxylation is 1. The number of ether oxygens (including phenoxy) is 1. The lowest BCUT2D eigenvalue weighted by molar-refractivity contribution is 0.413. The molecular formula is C27H25ClN6O2. The maximum atomic E-state index is 13.7. The Kier molecular flexibility index (Phi) is 5.62. The Balaban J connectivity index is 1.65. The van der Waals surface area contributed by atoms with Crippen molar-refractivity contribution >= 4 is 39.2 Å². The standard InChI is InChI=1S/C27H25ClN6O2/c1-32-24-16-31-22-7-6-17(18-12-19(36-2)15-30-14-18)13-20(22)25(24)34(27(32)35)23-5-3-4-21(28)26(23)33-10-8-29-9-11-33/h3-7,12-16,29H,8-11H2,1-2H3.